The van der Waals surface area contributed by atoms with Gasteiger partial charge in [-0.05, 0) is 58.4 Å². The molecule has 1 N–H and O–H groups in total. The second kappa shape index (κ2) is 6.44. The maximum atomic E-state index is 3.53. The van der Waals surface area contributed by atoms with Crippen molar-refractivity contribution in [1.29, 1.82) is 0 Å². The van der Waals surface area contributed by atoms with Gasteiger partial charge in [-0.3, -0.25) is 0 Å². The zero-order chi connectivity index (χ0) is 11.2. The Labute approximate surface area is 90.7 Å². The van der Waals surface area contributed by atoms with Crippen LogP contribution in [0.5, 0.6) is 0 Å². The summed E-state index contributed by atoms with van der Waals surface area (Å²) in [6.07, 6.45) is 4.04. The highest BCUT2D eigenvalue weighted by molar-refractivity contribution is 4.70. The molecule has 0 heterocycles. The SMILES string of the molecule is CC(C)CC(C)CCCNC(C)(C)C. The van der Waals surface area contributed by atoms with E-state index in [9.17, 15) is 0 Å². The van der Waals surface area contributed by atoms with Crippen LogP contribution in [0, 0.1) is 11.8 Å². The lowest BCUT2D eigenvalue weighted by atomic mass is 9.94. The van der Waals surface area contributed by atoms with Crippen molar-refractivity contribution in [3.63, 3.8) is 0 Å². The Kier molecular flexibility index (Phi) is 6.43. The van der Waals surface area contributed by atoms with E-state index in [1.165, 1.54) is 19.3 Å². The third-order valence-corrected chi connectivity index (χ3v) is 2.40. The van der Waals surface area contributed by atoms with Gasteiger partial charge in [0.1, 0.15) is 0 Å². The van der Waals surface area contributed by atoms with E-state index in [1.807, 2.05) is 0 Å². The smallest absolute Gasteiger partial charge is 0.00965 e. The highest BCUT2D eigenvalue weighted by Crippen LogP contribution is 2.15. The van der Waals surface area contributed by atoms with Gasteiger partial charge in [0.15, 0.2) is 0 Å². The molecule has 0 fully saturated rings. The average molecular weight is 199 g/mol. The van der Waals surface area contributed by atoms with Gasteiger partial charge in [-0.2, -0.15) is 0 Å². The number of nitrogens with one attached hydrogen (secondary N) is 1. The van der Waals surface area contributed by atoms with Gasteiger partial charge >= 0.3 is 0 Å². The molecule has 0 aliphatic carbocycles. The molecule has 1 unspecified atom stereocenters. The summed E-state index contributed by atoms with van der Waals surface area (Å²) in [6.45, 7) is 14.8. The summed E-state index contributed by atoms with van der Waals surface area (Å²) in [5.74, 6) is 1.73. The van der Waals surface area contributed by atoms with Gasteiger partial charge in [0.25, 0.3) is 0 Å². The molecule has 0 aliphatic heterocycles. The largest absolute Gasteiger partial charge is 0.312 e. The minimum Gasteiger partial charge on any atom is -0.312 e. The fourth-order valence-electron chi connectivity index (χ4n) is 1.84. The minimum absolute atomic E-state index is 0.279. The molecule has 1 heteroatoms. The summed E-state index contributed by atoms with van der Waals surface area (Å²) in [5.41, 5.74) is 0.279. The molecule has 1 atom stereocenters. The molecule has 1 nitrogen and oxygen atoms in total. The predicted octanol–water partition coefficient (Wildman–Crippen LogP) is 3.84. The average Bonchev–Trinajstić information content (AvgIpc) is 1.95. The maximum absolute atomic E-state index is 3.53. The summed E-state index contributed by atoms with van der Waals surface area (Å²) >= 11 is 0. The van der Waals surface area contributed by atoms with Gasteiger partial charge < -0.3 is 5.32 Å². The molecular weight excluding hydrogens is 170 g/mol. The fraction of sp³-hybridized carbons (Fsp3) is 1.00. The van der Waals surface area contributed by atoms with E-state index < -0.39 is 0 Å². The molecule has 0 aromatic rings. The molecule has 0 saturated carbocycles. The van der Waals surface area contributed by atoms with Crippen LogP contribution in [0.4, 0.5) is 0 Å². The van der Waals surface area contributed by atoms with Crippen LogP contribution in [0.1, 0.15) is 60.8 Å². The van der Waals surface area contributed by atoms with Gasteiger partial charge in [-0.1, -0.05) is 20.8 Å². The molecule has 0 amide bonds. The molecule has 0 radical (unpaired) electrons. The van der Waals surface area contributed by atoms with Crippen molar-refractivity contribution < 1.29 is 0 Å². The van der Waals surface area contributed by atoms with Crippen molar-refractivity contribution >= 4 is 0 Å². The van der Waals surface area contributed by atoms with E-state index in [0.717, 1.165) is 18.4 Å². The number of hydrogen-bond acceptors (Lipinski definition) is 1. The minimum atomic E-state index is 0.279. The third kappa shape index (κ3) is 10.0. The van der Waals surface area contributed by atoms with Crippen molar-refractivity contribution in [2.45, 2.75) is 66.3 Å². The van der Waals surface area contributed by atoms with E-state index in [2.05, 4.69) is 46.9 Å². The zero-order valence-corrected chi connectivity index (χ0v) is 11.0. The first kappa shape index (κ1) is 14.0. The van der Waals surface area contributed by atoms with Gasteiger partial charge in [-0.15, -0.1) is 0 Å². The van der Waals surface area contributed by atoms with Crippen molar-refractivity contribution in [1.82, 2.24) is 5.32 Å². The van der Waals surface area contributed by atoms with Gasteiger partial charge in [0.2, 0.25) is 0 Å². The van der Waals surface area contributed by atoms with Crippen LogP contribution in [0.3, 0.4) is 0 Å². The van der Waals surface area contributed by atoms with Crippen LogP contribution in [0.2, 0.25) is 0 Å². The Balaban J connectivity index is 3.36. The molecule has 86 valence electrons. The van der Waals surface area contributed by atoms with Crippen molar-refractivity contribution in [2.75, 3.05) is 6.54 Å². The Morgan fingerprint density at radius 1 is 1.07 bits per heavy atom. The van der Waals surface area contributed by atoms with Crippen molar-refractivity contribution in [3.05, 3.63) is 0 Å². The van der Waals surface area contributed by atoms with Crippen LogP contribution < -0.4 is 5.32 Å². The van der Waals surface area contributed by atoms with Gasteiger partial charge in [0, 0.05) is 5.54 Å². The quantitative estimate of drug-likeness (QED) is 0.641. The highest BCUT2D eigenvalue weighted by atomic mass is 14.9. The van der Waals surface area contributed by atoms with E-state index >= 15 is 0 Å². The summed E-state index contributed by atoms with van der Waals surface area (Å²) < 4.78 is 0. The van der Waals surface area contributed by atoms with Crippen molar-refractivity contribution in [2.24, 2.45) is 11.8 Å². The van der Waals surface area contributed by atoms with Crippen LogP contribution >= 0.6 is 0 Å². The maximum Gasteiger partial charge on any atom is 0.00965 e. The van der Waals surface area contributed by atoms with Crippen LogP contribution in [-0.2, 0) is 0 Å². The first-order valence-corrected chi connectivity index (χ1v) is 6.06. The zero-order valence-electron chi connectivity index (χ0n) is 11.0. The fourth-order valence-corrected chi connectivity index (χ4v) is 1.84. The van der Waals surface area contributed by atoms with Crippen molar-refractivity contribution in [3.8, 4) is 0 Å². The molecule has 0 spiro atoms. The Morgan fingerprint density at radius 3 is 2.07 bits per heavy atom. The molecule has 0 saturated heterocycles. The summed E-state index contributed by atoms with van der Waals surface area (Å²) in [6, 6.07) is 0. The molecule has 0 rings (SSSR count). The lowest BCUT2D eigenvalue weighted by Crippen LogP contribution is -2.36. The molecule has 0 bridgehead atoms. The van der Waals surface area contributed by atoms with E-state index in [4.69, 9.17) is 0 Å². The van der Waals surface area contributed by atoms with Crippen LogP contribution in [0.25, 0.3) is 0 Å². The first-order chi connectivity index (χ1) is 6.31. The lowest BCUT2D eigenvalue weighted by Gasteiger charge is -2.21. The van der Waals surface area contributed by atoms with E-state index in [-0.39, 0.29) is 5.54 Å². The first-order valence-electron chi connectivity index (χ1n) is 6.06. The normalized spacial score (nSPS) is 14.8. The Morgan fingerprint density at radius 2 is 1.64 bits per heavy atom. The molecule has 0 aromatic heterocycles. The summed E-state index contributed by atoms with van der Waals surface area (Å²) in [4.78, 5) is 0. The molecular formula is C13H29N. The van der Waals surface area contributed by atoms with Gasteiger partial charge in [0.05, 0.1) is 0 Å². The molecule has 14 heavy (non-hydrogen) atoms. The Bertz CT molecular complexity index is 133. The third-order valence-electron chi connectivity index (χ3n) is 2.40. The summed E-state index contributed by atoms with van der Waals surface area (Å²) in [5, 5.41) is 3.53. The number of hydrogen-bond donors (Lipinski definition) is 1. The van der Waals surface area contributed by atoms with E-state index in [1.54, 1.807) is 0 Å². The lowest BCUT2D eigenvalue weighted by molar-refractivity contribution is 0.374. The molecule has 0 aromatic carbocycles. The van der Waals surface area contributed by atoms with Crippen LogP contribution in [-0.4, -0.2) is 12.1 Å². The monoisotopic (exact) mass is 199 g/mol. The van der Waals surface area contributed by atoms with Crippen LogP contribution in [0.15, 0.2) is 0 Å². The topological polar surface area (TPSA) is 12.0 Å². The Hall–Kier alpha value is -0.0400. The standard InChI is InChI=1S/C13H29N/c1-11(2)10-12(3)8-7-9-14-13(4,5)6/h11-12,14H,7-10H2,1-6H3. The van der Waals surface area contributed by atoms with Gasteiger partial charge in [-0.25, -0.2) is 0 Å². The number of rotatable bonds is 6. The van der Waals surface area contributed by atoms with E-state index in [0.29, 0.717) is 0 Å². The second-order valence-electron chi connectivity index (χ2n) is 6.05. The molecule has 0 aliphatic rings. The second-order valence-corrected chi connectivity index (χ2v) is 6.05. The predicted molar refractivity (Wildman–Crippen MR) is 65.6 cm³/mol. The highest BCUT2D eigenvalue weighted by Gasteiger charge is 2.08. The summed E-state index contributed by atoms with van der Waals surface area (Å²) in [7, 11) is 0.